The fourth-order valence-electron chi connectivity index (χ4n) is 2.09. The van der Waals surface area contributed by atoms with Crippen molar-refractivity contribution < 1.29 is 14.3 Å². The minimum Gasteiger partial charge on any atom is -0.497 e. The van der Waals surface area contributed by atoms with Gasteiger partial charge in [-0.15, -0.1) is 0 Å². The Kier molecular flexibility index (Phi) is 3.70. The first kappa shape index (κ1) is 12.7. The molecule has 3 nitrogen and oxygen atoms in total. The second kappa shape index (κ2) is 5.25. The van der Waals surface area contributed by atoms with Gasteiger partial charge in [0, 0.05) is 12.5 Å². The van der Waals surface area contributed by atoms with Gasteiger partial charge in [-0.2, -0.15) is 0 Å². The van der Waals surface area contributed by atoms with Crippen LogP contribution in [0.4, 0.5) is 0 Å². The molecule has 18 heavy (non-hydrogen) atoms. The number of ketones is 1. The molecule has 0 saturated heterocycles. The Morgan fingerprint density at radius 2 is 2.06 bits per heavy atom. The van der Waals surface area contributed by atoms with E-state index < -0.39 is 0 Å². The number of benzene rings is 1. The van der Waals surface area contributed by atoms with E-state index >= 15 is 0 Å². The van der Waals surface area contributed by atoms with Crippen LogP contribution in [0.2, 0.25) is 0 Å². The Morgan fingerprint density at radius 3 is 2.67 bits per heavy atom. The molecule has 0 N–H and O–H groups in total. The highest BCUT2D eigenvalue weighted by atomic mass is 16.5. The van der Waals surface area contributed by atoms with E-state index in [1.54, 1.807) is 7.11 Å². The second-order valence-corrected chi connectivity index (χ2v) is 4.86. The van der Waals surface area contributed by atoms with Crippen LogP contribution in [0.5, 0.6) is 5.75 Å². The molecule has 1 unspecified atom stereocenters. The van der Waals surface area contributed by atoms with Gasteiger partial charge in [0.2, 0.25) is 0 Å². The predicted molar refractivity (Wildman–Crippen MR) is 69.6 cm³/mol. The van der Waals surface area contributed by atoms with E-state index in [1.807, 2.05) is 31.2 Å². The molecule has 3 heteroatoms. The number of rotatable bonds is 4. The van der Waals surface area contributed by atoms with E-state index in [4.69, 9.17) is 9.47 Å². The number of carbonyl (C=O) groups excluding carboxylic acids is 1. The van der Waals surface area contributed by atoms with Crippen LogP contribution in [0.25, 0.3) is 0 Å². The SMILES string of the molecule is COc1ccc(CCC2(C)CC(=O)C=CO2)cc1. The Balaban J connectivity index is 1.94. The minimum absolute atomic E-state index is 0.137. The molecule has 0 spiro atoms. The first-order valence-corrected chi connectivity index (χ1v) is 6.11. The van der Waals surface area contributed by atoms with Gasteiger partial charge in [0.25, 0.3) is 0 Å². The van der Waals surface area contributed by atoms with Gasteiger partial charge >= 0.3 is 0 Å². The van der Waals surface area contributed by atoms with Crippen molar-refractivity contribution >= 4 is 5.78 Å². The summed E-state index contributed by atoms with van der Waals surface area (Å²) in [5.74, 6) is 0.996. The molecule has 0 amide bonds. The summed E-state index contributed by atoms with van der Waals surface area (Å²) in [6, 6.07) is 7.99. The summed E-state index contributed by atoms with van der Waals surface area (Å²) in [6.07, 6.45) is 5.19. The summed E-state index contributed by atoms with van der Waals surface area (Å²) in [4.78, 5) is 11.4. The molecule has 1 aromatic rings. The van der Waals surface area contributed by atoms with Crippen molar-refractivity contribution in [2.24, 2.45) is 0 Å². The van der Waals surface area contributed by atoms with Gasteiger partial charge in [0.1, 0.15) is 11.4 Å². The van der Waals surface area contributed by atoms with Gasteiger partial charge in [0.15, 0.2) is 5.78 Å². The molecule has 0 fully saturated rings. The maximum atomic E-state index is 11.4. The molecule has 1 heterocycles. The number of carbonyl (C=O) groups is 1. The van der Waals surface area contributed by atoms with E-state index in [0.29, 0.717) is 6.42 Å². The van der Waals surface area contributed by atoms with Gasteiger partial charge in [-0.1, -0.05) is 12.1 Å². The second-order valence-electron chi connectivity index (χ2n) is 4.86. The van der Waals surface area contributed by atoms with Crippen molar-refractivity contribution in [1.82, 2.24) is 0 Å². The lowest BCUT2D eigenvalue weighted by Gasteiger charge is -2.30. The average Bonchev–Trinajstić information content (AvgIpc) is 2.37. The van der Waals surface area contributed by atoms with Crippen LogP contribution in [0.15, 0.2) is 36.6 Å². The standard InChI is InChI=1S/C15H18O3/c1-15(11-13(16)8-10-18-15)9-7-12-3-5-14(17-2)6-4-12/h3-6,8,10H,7,9,11H2,1-2H3. The Hall–Kier alpha value is -1.77. The first-order chi connectivity index (χ1) is 8.61. The quantitative estimate of drug-likeness (QED) is 0.819. The lowest BCUT2D eigenvalue weighted by molar-refractivity contribution is -0.121. The number of hydrogen-bond acceptors (Lipinski definition) is 3. The Bertz CT molecular complexity index is 447. The molecule has 96 valence electrons. The largest absolute Gasteiger partial charge is 0.497 e. The molecule has 2 rings (SSSR count). The topological polar surface area (TPSA) is 35.5 Å². The number of aryl methyl sites for hydroxylation is 1. The van der Waals surface area contributed by atoms with E-state index in [1.165, 1.54) is 17.9 Å². The van der Waals surface area contributed by atoms with Crippen LogP contribution < -0.4 is 4.74 Å². The third kappa shape index (κ3) is 3.13. The summed E-state index contributed by atoms with van der Waals surface area (Å²) in [6.45, 7) is 1.98. The highest BCUT2D eigenvalue weighted by molar-refractivity contribution is 5.90. The van der Waals surface area contributed by atoms with Crippen LogP contribution in [-0.2, 0) is 16.0 Å². The van der Waals surface area contributed by atoms with Crippen LogP contribution >= 0.6 is 0 Å². The highest BCUT2D eigenvalue weighted by Gasteiger charge is 2.29. The van der Waals surface area contributed by atoms with E-state index in [2.05, 4.69) is 0 Å². The third-order valence-corrected chi connectivity index (χ3v) is 3.26. The summed E-state index contributed by atoms with van der Waals surface area (Å²) in [5.41, 5.74) is 0.855. The van der Waals surface area contributed by atoms with Crippen LogP contribution in [0, 0.1) is 0 Å². The van der Waals surface area contributed by atoms with Crippen LogP contribution in [-0.4, -0.2) is 18.5 Å². The third-order valence-electron chi connectivity index (χ3n) is 3.26. The van der Waals surface area contributed by atoms with Gasteiger partial charge in [-0.25, -0.2) is 0 Å². The summed E-state index contributed by atoms with van der Waals surface area (Å²) in [7, 11) is 1.66. The molecular formula is C15H18O3. The average molecular weight is 246 g/mol. The maximum Gasteiger partial charge on any atom is 0.162 e. The number of ether oxygens (including phenoxy) is 2. The number of hydrogen-bond donors (Lipinski definition) is 0. The smallest absolute Gasteiger partial charge is 0.162 e. The van der Waals surface area contributed by atoms with Crippen molar-refractivity contribution in [3.8, 4) is 5.75 Å². The Labute approximate surface area is 107 Å². The van der Waals surface area contributed by atoms with Crippen molar-refractivity contribution in [3.05, 3.63) is 42.2 Å². The van der Waals surface area contributed by atoms with E-state index in [9.17, 15) is 4.79 Å². The molecule has 1 atom stereocenters. The lowest BCUT2D eigenvalue weighted by Crippen LogP contribution is -2.32. The van der Waals surface area contributed by atoms with E-state index in [0.717, 1.165) is 18.6 Å². The number of allylic oxidation sites excluding steroid dienone is 1. The zero-order chi connectivity index (χ0) is 13.0. The van der Waals surface area contributed by atoms with Gasteiger partial charge in [-0.3, -0.25) is 4.79 Å². The van der Waals surface area contributed by atoms with Crippen molar-refractivity contribution in [1.29, 1.82) is 0 Å². The summed E-state index contributed by atoms with van der Waals surface area (Å²) < 4.78 is 10.7. The van der Waals surface area contributed by atoms with Crippen molar-refractivity contribution in [3.63, 3.8) is 0 Å². The van der Waals surface area contributed by atoms with Crippen molar-refractivity contribution in [2.75, 3.05) is 7.11 Å². The zero-order valence-electron chi connectivity index (χ0n) is 10.8. The van der Waals surface area contributed by atoms with Crippen LogP contribution in [0.1, 0.15) is 25.3 Å². The monoisotopic (exact) mass is 246 g/mol. The lowest BCUT2D eigenvalue weighted by atomic mass is 9.90. The van der Waals surface area contributed by atoms with E-state index in [-0.39, 0.29) is 11.4 Å². The highest BCUT2D eigenvalue weighted by Crippen LogP contribution is 2.26. The van der Waals surface area contributed by atoms with Gasteiger partial charge in [0.05, 0.1) is 13.4 Å². The Morgan fingerprint density at radius 1 is 1.33 bits per heavy atom. The molecule has 0 bridgehead atoms. The fraction of sp³-hybridized carbons (Fsp3) is 0.400. The molecule has 1 aromatic carbocycles. The molecule has 0 aliphatic carbocycles. The normalized spacial score (nSPS) is 22.7. The van der Waals surface area contributed by atoms with Crippen molar-refractivity contribution in [2.45, 2.75) is 31.8 Å². The molecule has 0 aromatic heterocycles. The first-order valence-electron chi connectivity index (χ1n) is 6.11. The molecule has 0 saturated carbocycles. The summed E-state index contributed by atoms with van der Waals surface area (Å²) >= 11 is 0. The van der Waals surface area contributed by atoms with Gasteiger partial charge < -0.3 is 9.47 Å². The number of methoxy groups -OCH3 is 1. The predicted octanol–water partition coefficient (Wildman–Crippen LogP) is 2.89. The summed E-state index contributed by atoms with van der Waals surface area (Å²) in [5, 5.41) is 0. The molecule has 1 aliphatic rings. The van der Waals surface area contributed by atoms with Crippen LogP contribution in [0.3, 0.4) is 0 Å². The molecule has 0 radical (unpaired) electrons. The fourth-order valence-corrected chi connectivity index (χ4v) is 2.09. The van der Waals surface area contributed by atoms with Gasteiger partial charge in [-0.05, 0) is 37.5 Å². The maximum absolute atomic E-state index is 11.4. The molecule has 1 aliphatic heterocycles. The zero-order valence-corrected chi connectivity index (χ0v) is 10.8. The minimum atomic E-state index is -0.369. The molecular weight excluding hydrogens is 228 g/mol.